The van der Waals surface area contributed by atoms with Gasteiger partial charge in [-0.3, -0.25) is 4.79 Å². The molecule has 1 aliphatic carbocycles. The third-order valence-corrected chi connectivity index (χ3v) is 4.79. The van der Waals surface area contributed by atoms with Crippen LogP contribution in [0, 0.1) is 17.7 Å². The van der Waals surface area contributed by atoms with Gasteiger partial charge in [0, 0.05) is 18.7 Å². The fourth-order valence-electron chi connectivity index (χ4n) is 3.21. The minimum Gasteiger partial charge on any atom is -0.338 e. The van der Waals surface area contributed by atoms with E-state index < -0.39 is 0 Å². The van der Waals surface area contributed by atoms with Gasteiger partial charge in [0.2, 0.25) is 0 Å². The summed E-state index contributed by atoms with van der Waals surface area (Å²) < 4.78 is 13.5. The summed E-state index contributed by atoms with van der Waals surface area (Å²) in [7, 11) is 0. The van der Waals surface area contributed by atoms with Gasteiger partial charge in [0.15, 0.2) is 0 Å². The van der Waals surface area contributed by atoms with Crippen LogP contribution in [0.2, 0.25) is 0 Å². The van der Waals surface area contributed by atoms with Gasteiger partial charge in [0.1, 0.15) is 5.82 Å². The van der Waals surface area contributed by atoms with Crippen LogP contribution in [-0.2, 0) is 0 Å². The number of rotatable bonds is 1. The maximum atomic E-state index is 13.2. The molecule has 0 N–H and O–H groups in total. The highest BCUT2D eigenvalue weighted by atomic mass is 79.9. The number of nitrogens with zero attached hydrogens (tertiary/aromatic N) is 1. The Bertz CT molecular complexity index is 479. The Morgan fingerprint density at radius 3 is 2.56 bits per heavy atom. The number of fused-ring (bicyclic) bond motifs is 1. The van der Waals surface area contributed by atoms with E-state index in [9.17, 15) is 9.18 Å². The number of hydrogen-bond acceptors (Lipinski definition) is 1. The van der Waals surface area contributed by atoms with Gasteiger partial charge >= 0.3 is 0 Å². The summed E-state index contributed by atoms with van der Waals surface area (Å²) in [5.74, 6) is 1.09. The molecule has 4 heteroatoms. The molecule has 1 saturated carbocycles. The van der Waals surface area contributed by atoms with Crippen molar-refractivity contribution in [2.45, 2.75) is 19.3 Å². The minimum absolute atomic E-state index is 0.0325. The monoisotopic (exact) mass is 311 g/mol. The lowest BCUT2D eigenvalue weighted by Crippen LogP contribution is -2.29. The highest BCUT2D eigenvalue weighted by Gasteiger charge is 2.38. The van der Waals surface area contributed by atoms with Gasteiger partial charge in [-0.15, -0.1) is 0 Å². The fourth-order valence-corrected chi connectivity index (χ4v) is 3.59. The Balaban J connectivity index is 1.77. The first-order chi connectivity index (χ1) is 8.65. The van der Waals surface area contributed by atoms with Crippen molar-refractivity contribution in [3.8, 4) is 0 Å². The third-order valence-electron chi connectivity index (χ3n) is 4.18. The van der Waals surface area contributed by atoms with Crippen LogP contribution in [-0.4, -0.2) is 23.9 Å². The number of hydrogen-bond donors (Lipinski definition) is 0. The van der Waals surface area contributed by atoms with Gasteiger partial charge in [-0.25, -0.2) is 4.39 Å². The van der Waals surface area contributed by atoms with Crippen LogP contribution in [0.15, 0.2) is 22.7 Å². The van der Waals surface area contributed by atoms with Crippen molar-refractivity contribution < 1.29 is 9.18 Å². The molecule has 0 aromatic heterocycles. The van der Waals surface area contributed by atoms with Gasteiger partial charge < -0.3 is 4.90 Å². The summed E-state index contributed by atoms with van der Waals surface area (Å²) in [4.78, 5) is 14.2. The van der Waals surface area contributed by atoms with Gasteiger partial charge in [-0.05, 0) is 58.8 Å². The van der Waals surface area contributed by atoms with E-state index in [2.05, 4.69) is 15.9 Å². The zero-order chi connectivity index (χ0) is 12.7. The third kappa shape index (κ3) is 2.07. The number of carbonyl (C=O) groups excluding carboxylic acids is 1. The molecule has 96 valence electrons. The Labute approximate surface area is 114 Å². The topological polar surface area (TPSA) is 20.3 Å². The highest BCUT2D eigenvalue weighted by Crippen LogP contribution is 2.38. The quantitative estimate of drug-likeness (QED) is 0.778. The van der Waals surface area contributed by atoms with Gasteiger partial charge in [0.05, 0.1) is 4.47 Å². The first-order valence-electron chi connectivity index (χ1n) is 6.39. The molecule has 3 rings (SSSR count). The summed E-state index contributed by atoms with van der Waals surface area (Å²) in [5.41, 5.74) is 0.572. The Morgan fingerprint density at radius 2 is 1.94 bits per heavy atom. The smallest absolute Gasteiger partial charge is 0.253 e. The van der Waals surface area contributed by atoms with Crippen molar-refractivity contribution in [2.75, 3.05) is 13.1 Å². The maximum absolute atomic E-state index is 13.2. The molecular weight excluding hydrogens is 297 g/mol. The lowest BCUT2D eigenvalue weighted by molar-refractivity contribution is 0.0780. The van der Waals surface area contributed by atoms with E-state index in [1.807, 2.05) is 4.90 Å². The molecule has 2 aliphatic rings. The second-order valence-electron chi connectivity index (χ2n) is 5.29. The molecule has 2 nitrogen and oxygen atoms in total. The lowest BCUT2D eigenvalue weighted by atomic mass is 10.0. The molecule has 1 amide bonds. The number of likely N-dealkylation sites (tertiary alicyclic amines) is 1. The van der Waals surface area contributed by atoms with E-state index in [0.717, 1.165) is 13.1 Å². The molecule has 0 radical (unpaired) electrons. The molecule has 1 aromatic rings. The van der Waals surface area contributed by atoms with E-state index in [-0.39, 0.29) is 11.7 Å². The average molecular weight is 312 g/mol. The van der Waals surface area contributed by atoms with Crippen LogP contribution < -0.4 is 0 Å². The molecule has 0 bridgehead atoms. The van der Waals surface area contributed by atoms with E-state index in [1.54, 1.807) is 12.1 Å². The number of amides is 1. The van der Waals surface area contributed by atoms with Gasteiger partial charge in [-0.1, -0.05) is 6.42 Å². The van der Waals surface area contributed by atoms with E-state index in [4.69, 9.17) is 0 Å². The van der Waals surface area contributed by atoms with Crippen LogP contribution in [0.5, 0.6) is 0 Å². The minimum atomic E-state index is -0.329. The maximum Gasteiger partial charge on any atom is 0.253 e. The number of benzene rings is 1. The van der Waals surface area contributed by atoms with Crippen molar-refractivity contribution in [1.82, 2.24) is 4.90 Å². The summed E-state index contributed by atoms with van der Waals surface area (Å²) in [6.07, 6.45) is 3.81. The first-order valence-corrected chi connectivity index (χ1v) is 7.19. The molecule has 0 spiro atoms. The van der Waals surface area contributed by atoms with Crippen LogP contribution in [0.4, 0.5) is 4.39 Å². The van der Waals surface area contributed by atoms with Crippen LogP contribution in [0.25, 0.3) is 0 Å². The zero-order valence-corrected chi connectivity index (χ0v) is 11.6. The van der Waals surface area contributed by atoms with E-state index >= 15 is 0 Å². The Hall–Kier alpha value is -0.900. The lowest BCUT2D eigenvalue weighted by Gasteiger charge is -2.17. The Morgan fingerprint density at radius 1 is 1.28 bits per heavy atom. The van der Waals surface area contributed by atoms with Crippen molar-refractivity contribution >= 4 is 21.8 Å². The first kappa shape index (κ1) is 12.2. The molecular formula is C14H15BrFNO. The van der Waals surface area contributed by atoms with E-state index in [0.29, 0.717) is 21.9 Å². The molecule has 2 unspecified atom stereocenters. The molecule has 2 fully saturated rings. The largest absolute Gasteiger partial charge is 0.338 e. The number of halogens is 2. The summed E-state index contributed by atoms with van der Waals surface area (Å²) in [5, 5.41) is 0. The summed E-state index contributed by atoms with van der Waals surface area (Å²) in [6.45, 7) is 1.75. The molecule has 1 aromatic carbocycles. The molecule has 18 heavy (non-hydrogen) atoms. The fraction of sp³-hybridized carbons (Fsp3) is 0.500. The standard InChI is InChI=1S/C14H15BrFNO/c15-12-6-9(4-5-13(12)16)14(18)17-7-10-2-1-3-11(10)8-17/h4-6,10-11H,1-3,7-8H2. The summed E-state index contributed by atoms with van der Waals surface area (Å²) >= 11 is 3.13. The van der Waals surface area contributed by atoms with Crippen LogP contribution in [0.3, 0.4) is 0 Å². The molecule has 1 aliphatic heterocycles. The van der Waals surface area contributed by atoms with Crippen LogP contribution >= 0.6 is 15.9 Å². The molecule has 1 saturated heterocycles. The van der Waals surface area contributed by atoms with Gasteiger partial charge in [-0.2, -0.15) is 0 Å². The SMILES string of the molecule is O=C(c1ccc(F)c(Br)c1)N1CC2CCCC2C1. The molecule has 2 atom stereocenters. The van der Waals surface area contributed by atoms with Crippen molar-refractivity contribution in [3.63, 3.8) is 0 Å². The molecule has 1 heterocycles. The predicted octanol–water partition coefficient (Wildman–Crippen LogP) is 3.46. The number of carbonyl (C=O) groups is 1. The van der Waals surface area contributed by atoms with Crippen LogP contribution in [0.1, 0.15) is 29.6 Å². The summed E-state index contributed by atoms with van der Waals surface area (Å²) in [6, 6.07) is 4.48. The van der Waals surface area contributed by atoms with Crippen molar-refractivity contribution in [2.24, 2.45) is 11.8 Å². The Kier molecular flexibility index (Phi) is 3.14. The second kappa shape index (κ2) is 4.65. The van der Waals surface area contributed by atoms with Crippen molar-refractivity contribution in [3.05, 3.63) is 34.1 Å². The van der Waals surface area contributed by atoms with E-state index in [1.165, 1.54) is 25.3 Å². The second-order valence-corrected chi connectivity index (χ2v) is 6.14. The predicted molar refractivity (Wildman–Crippen MR) is 70.8 cm³/mol. The normalized spacial score (nSPS) is 26.4. The highest BCUT2D eigenvalue weighted by molar-refractivity contribution is 9.10. The van der Waals surface area contributed by atoms with Crippen molar-refractivity contribution in [1.29, 1.82) is 0 Å². The zero-order valence-electron chi connectivity index (χ0n) is 10.0. The average Bonchev–Trinajstić information content (AvgIpc) is 2.92. The van der Waals surface area contributed by atoms with Gasteiger partial charge in [0.25, 0.3) is 5.91 Å².